The zero-order chi connectivity index (χ0) is 24.1. The maximum absolute atomic E-state index is 15.6. The van der Waals surface area contributed by atoms with Gasteiger partial charge in [-0.2, -0.15) is 5.26 Å². The van der Waals surface area contributed by atoms with Crippen molar-refractivity contribution in [1.82, 2.24) is 30.2 Å². The Bertz CT molecular complexity index is 1250. The Labute approximate surface area is 197 Å². The number of halogens is 1. The molecule has 0 aliphatic heterocycles. The van der Waals surface area contributed by atoms with Crippen molar-refractivity contribution in [1.29, 1.82) is 5.26 Å². The molecule has 2 aromatic heterocycles. The summed E-state index contributed by atoms with van der Waals surface area (Å²) < 4.78 is 17.0. The van der Waals surface area contributed by atoms with Crippen LogP contribution in [0.2, 0.25) is 0 Å². The summed E-state index contributed by atoms with van der Waals surface area (Å²) in [5.74, 6) is 0.708. The molecule has 0 radical (unpaired) electrons. The van der Waals surface area contributed by atoms with E-state index in [0.717, 1.165) is 32.1 Å². The molecule has 34 heavy (non-hydrogen) atoms. The van der Waals surface area contributed by atoms with Gasteiger partial charge in [-0.25, -0.2) is 14.1 Å². The van der Waals surface area contributed by atoms with Crippen molar-refractivity contribution in [2.75, 3.05) is 11.9 Å². The van der Waals surface area contributed by atoms with Gasteiger partial charge < -0.3 is 10.0 Å². The van der Waals surface area contributed by atoms with E-state index in [1.165, 1.54) is 16.9 Å². The highest BCUT2D eigenvalue weighted by atomic mass is 19.1. The van der Waals surface area contributed by atoms with Crippen LogP contribution in [0.4, 0.5) is 10.2 Å². The molecule has 1 N–H and O–H groups in total. The largest absolute Gasteiger partial charge is 0.507 e. The molecule has 1 aromatic carbocycles. The van der Waals surface area contributed by atoms with Gasteiger partial charge in [0.05, 0.1) is 29.7 Å². The van der Waals surface area contributed by atoms with Crippen molar-refractivity contribution < 1.29 is 9.50 Å². The van der Waals surface area contributed by atoms with E-state index in [1.54, 1.807) is 18.3 Å². The summed E-state index contributed by atoms with van der Waals surface area (Å²) >= 11 is 0. The van der Waals surface area contributed by atoms with Crippen LogP contribution in [-0.4, -0.2) is 54.5 Å². The molecule has 2 bridgehead atoms. The highest BCUT2D eigenvalue weighted by Gasteiger charge is 2.54. The number of aromatic nitrogens is 6. The first-order chi connectivity index (χ1) is 16.2. The van der Waals surface area contributed by atoms with E-state index in [0.29, 0.717) is 17.1 Å². The lowest BCUT2D eigenvalue weighted by atomic mass is 9.54. The van der Waals surface area contributed by atoms with Gasteiger partial charge in [-0.05, 0) is 43.2 Å². The maximum atomic E-state index is 15.6. The molecule has 4 atom stereocenters. The Kier molecular flexibility index (Phi) is 5.23. The van der Waals surface area contributed by atoms with Crippen LogP contribution >= 0.6 is 0 Å². The number of rotatable bonds is 4. The minimum atomic E-state index is -0.942. The lowest BCUT2D eigenvalue weighted by Crippen LogP contribution is -2.57. The Morgan fingerprint density at radius 3 is 2.74 bits per heavy atom. The lowest BCUT2D eigenvalue weighted by Gasteiger charge is -2.55. The molecule has 9 nitrogen and oxygen atoms in total. The summed E-state index contributed by atoms with van der Waals surface area (Å²) in [5.41, 5.74) is 0.952. The third kappa shape index (κ3) is 3.75. The number of phenols is 1. The first-order valence-electron chi connectivity index (χ1n) is 11.4. The Morgan fingerprint density at radius 1 is 1.24 bits per heavy atom. The summed E-state index contributed by atoms with van der Waals surface area (Å²) in [7, 11) is 1.86. The molecule has 0 saturated heterocycles. The second kappa shape index (κ2) is 8.01. The first-order valence-corrected chi connectivity index (χ1v) is 11.4. The topological polar surface area (TPSA) is 117 Å². The third-order valence-corrected chi connectivity index (χ3v) is 7.57. The van der Waals surface area contributed by atoms with E-state index < -0.39 is 6.17 Å². The lowest BCUT2D eigenvalue weighted by molar-refractivity contribution is -0.0540. The van der Waals surface area contributed by atoms with Crippen LogP contribution in [0.15, 0.2) is 30.6 Å². The van der Waals surface area contributed by atoms with Gasteiger partial charge in [0.2, 0.25) is 0 Å². The second-order valence-electron chi connectivity index (χ2n) is 10.3. The maximum Gasteiger partial charge on any atom is 0.185 e. The van der Waals surface area contributed by atoms with Gasteiger partial charge in [0.15, 0.2) is 17.3 Å². The van der Waals surface area contributed by atoms with Crippen LogP contribution in [0.1, 0.15) is 51.6 Å². The van der Waals surface area contributed by atoms with Crippen LogP contribution in [-0.2, 0) is 0 Å². The average molecular weight is 463 g/mol. The number of alkyl halides is 1. The van der Waals surface area contributed by atoms with E-state index in [2.05, 4.69) is 39.3 Å². The number of hydrogen-bond acceptors (Lipinski definition) is 8. The van der Waals surface area contributed by atoms with Crippen molar-refractivity contribution >= 4 is 5.82 Å². The monoisotopic (exact) mass is 462 g/mol. The zero-order valence-electron chi connectivity index (χ0n) is 19.5. The number of benzene rings is 1. The van der Waals surface area contributed by atoms with Crippen molar-refractivity contribution in [2.24, 2.45) is 10.8 Å². The fourth-order valence-electron chi connectivity index (χ4n) is 5.90. The Balaban J connectivity index is 1.37. The number of hydrogen-bond donors (Lipinski definition) is 1. The molecule has 3 aromatic rings. The molecule has 2 aliphatic rings. The number of aromatic hydroxyl groups is 1. The van der Waals surface area contributed by atoms with Crippen LogP contribution < -0.4 is 4.90 Å². The molecule has 0 amide bonds. The predicted octanol–water partition coefficient (Wildman–Crippen LogP) is 3.83. The standard InChI is InChI=1S/C24H27FN8O/c1-23-7-4-8-24(2,14-23)21(25)18(10-23)32(3)20-12-27-22(30-29-20)17-6-5-16(9-19(17)34)33-13-15(11-26)28-31-33/h5-6,9,12-13,18,21,34H,4,7-8,10,14H2,1-3H3/t18-,21-,23-,24-/m0/s1. The fourth-order valence-corrected chi connectivity index (χ4v) is 5.90. The molecular formula is C24H27FN8O. The molecule has 10 heteroatoms. The molecule has 2 aliphatic carbocycles. The zero-order valence-corrected chi connectivity index (χ0v) is 19.5. The number of nitriles is 1. The summed E-state index contributed by atoms with van der Waals surface area (Å²) in [5, 5.41) is 35.6. The number of phenolic OH excluding ortho intramolecular Hbond substituents is 1. The Hall–Kier alpha value is -3.61. The van der Waals surface area contributed by atoms with E-state index >= 15 is 4.39 Å². The predicted molar refractivity (Wildman–Crippen MR) is 123 cm³/mol. The summed E-state index contributed by atoms with van der Waals surface area (Å²) in [6.07, 6.45) is 6.94. The highest BCUT2D eigenvalue weighted by Crippen LogP contribution is 2.57. The van der Waals surface area contributed by atoms with Gasteiger partial charge in [0.1, 0.15) is 18.0 Å². The molecule has 5 rings (SSSR count). The third-order valence-electron chi connectivity index (χ3n) is 7.57. The van der Waals surface area contributed by atoms with E-state index in [-0.39, 0.29) is 34.1 Å². The summed E-state index contributed by atoms with van der Waals surface area (Å²) in [6, 6.07) is 6.49. The first kappa shape index (κ1) is 22.2. The average Bonchev–Trinajstić information content (AvgIpc) is 3.30. The smallest absolute Gasteiger partial charge is 0.185 e. The molecule has 2 fully saturated rings. The van der Waals surface area contributed by atoms with Gasteiger partial charge in [-0.3, -0.25) is 0 Å². The van der Waals surface area contributed by atoms with Crippen LogP contribution in [0.3, 0.4) is 0 Å². The van der Waals surface area contributed by atoms with Crippen molar-refractivity contribution in [3.05, 3.63) is 36.3 Å². The van der Waals surface area contributed by atoms with Crippen LogP contribution in [0.25, 0.3) is 17.1 Å². The molecule has 2 heterocycles. The molecular weight excluding hydrogens is 435 g/mol. The van der Waals surface area contributed by atoms with Gasteiger partial charge in [-0.15, -0.1) is 15.3 Å². The number of anilines is 1. The molecule has 2 saturated carbocycles. The molecule has 0 spiro atoms. The highest BCUT2D eigenvalue weighted by molar-refractivity contribution is 5.66. The SMILES string of the molecule is CN(c1cnc(-c2ccc(-n3cc(C#N)nn3)cc2O)nn1)[C@H]1C[C@]2(C)CCC[C@@](C)(C2)[C@H]1F. The molecule has 176 valence electrons. The summed E-state index contributed by atoms with van der Waals surface area (Å²) in [6.45, 7) is 4.35. The van der Waals surface area contributed by atoms with Gasteiger partial charge in [0.25, 0.3) is 0 Å². The number of nitrogens with zero attached hydrogens (tertiary/aromatic N) is 8. The Morgan fingerprint density at radius 2 is 2.06 bits per heavy atom. The van der Waals surface area contributed by atoms with Gasteiger partial charge in [0, 0.05) is 18.5 Å². The van der Waals surface area contributed by atoms with E-state index in [1.807, 2.05) is 18.0 Å². The van der Waals surface area contributed by atoms with Gasteiger partial charge >= 0.3 is 0 Å². The minimum Gasteiger partial charge on any atom is -0.507 e. The van der Waals surface area contributed by atoms with E-state index in [4.69, 9.17) is 5.26 Å². The number of fused-ring (bicyclic) bond motifs is 2. The summed E-state index contributed by atoms with van der Waals surface area (Å²) in [4.78, 5) is 6.27. The van der Waals surface area contributed by atoms with Gasteiger partial charge in [-0.1, -0.05) is 25.5 Å². The second-order valence-corrected chi connectivity index (χ2v) is 10.3. The van der Waals surface area contributed by atoms with E-state index in [9.17, 15) is 5.11 Å². The van der Waals surface area contributed by atoms with Crippen molar-refractivity contribution in [2.45, 2.75) is 58.2 Å². The normalized spacial score (nSPS) is 28.3. The van der Waals surface area contributed by atoms with Crippen LogP contribution in [0, 0.1) is 22.2 Å². The van der Waals surface area contributed by atoms with Crippen LogP contribution in [0.5, 0.6) is 5.75 Å². The quantitative estimate of drug-likeness (QED) is 0.622. The van der Waals surface area contributed by atoms with Crippen molar-refractivity contribution in [3.8, 4) is 28.9 Å². The fraction of sp³-hybridized carbons (Fsp3) is 0.500. The minimum absolute atomic E-state index is 0.0563. The van der Waals surface area contributed by atoms with Crippen molar-refractivity contribution in [3.63, 3.8) is 0 Å². The molecule has 0 unspecified atom stereocenters.